The first-order valence-corrected chi connectivity index (χ1v) is 8.01. The lowest BCUT2D eigenvalue weighted by molar-refractivity contribution is -0.119. The smallest absolute Gasteiger partial charge is 0.230 e. The number of thioether (sulfide) groups is 1. The second-order valence-electron chi connectivity index (χ2n) is 5.02. The molecule has 0 aromatic heterocycles. The van der Waals surface area contributed by atoms with Gasteiger partial charge >= 0.3 is 0 Å². The summed E-state index contributed by atoms with van der Waals surface area (Å²) in [6.07, 6.45) is 6.00. The molecule has 4 heteroatoms. The fraction of sp³-hybridized carbons (Fsp3) is 0.533. The van der Waals surface area contributed by atoms with E-state index < -0.39 is 0 Å². The molecule has 2 rings (SSSR count). The Kier molecular flexibility index (Phi) is 5.70. The molecule has 2 nitrogen and oxygen atoms in total. The molecule has 1 aliphatic carbocycles. The predicted molar refractivity (Wildman–Crippen MR) is 77.6 cm³/mol. The Balaban J connectivity index is 1.64. The molecule has 1 aromatic rings. The van der Waals surface area contributed by atoms with Gasteiger partial charge in [-0.25, -0.2) is 4.39 Å². The van der Waals surface area contributed by atoms with Crippen LogP contribution >= 0.6 is 11.8 Å². The molecule has 0 aliphatic heterocycles. The van der Waals surface area contributed by atoms with Gasteiger partial charge in [0, 0.05) is 11.8 Å². The lowest BCUT2D eigenvalue weighted by Gasteiger charge is -2.22. The van der Waals surface area contributed by atoms with Crippen LogP contribution in [0.1, 0.15) is 37.7 Å². The Morgan fingerprint density at radius 1 is 1.21 bits per heavy atom. The van der Waals surface area contributed by atoms with Gasteiger partial charge in [0.1, 0.15) is 5.82 Å². The van der Waals surface area contributed by atoms with Crippen LogP contribution in [-0.4, -0.2) is 17.7 Å². The van der Waals surface area contributed by atoms with E-state index in [0.29, 0.717) is 11.8 Å². The van der Waals surface area contributed by atoms with E-state index in [-0.39, 0.29) is 11.7 Å². The van der Waals surface area contributed by atoms with E-state index in [1.165, 1.54) is 31.4 Å². The summed E-state index contributed by atoms with van der Waals surface area (Å²) >= 11 is 1.57. The van der Waals surface area contributed by atoms with Gasteiger partial charge in [-0.1, -0.05) is 31.4 Å². The van der Waals surface area contributed by atoms with E-state index in [2.05, 4.69) is 5.32 Å². The van der Waals surface area contributed by atoms with Crippen LogP contribution in [0.5, 0.6) is 0 Å². The van der Waals surface area contributed by atoms with Gasteiger partial charge in [0.2, 0.25) is 5.91 Å². The number of benzene rings is 1. The number of hydrogen-bond acceptors (Lipinski definition) is 2. The van der Waals surface area contributed by atoms with Crippen LogP contribution in [0.2, 0.25) is 0 Å². The Morgan fingerprint density at radius 3 is 2.58 bits per heavy atom. The molecule has 1 aromatic carbocycles. The van der Waals surface area contributed by atoms with E-state index in [4.69, 9.17) is 0 Å². The maximum Gasteiger partial charge on any atom is 0.230 e. The van der Waals surface area contributed by atoms with E-state index in [0.717, 1.165) is 24.2 Å². The van der Waals surface area contributed by atoms with Crippen molar-refractivity contribution < 1.29 is 9.18 Å². The molecule has 1 saturated carbocycles. The molecule has 0 bridgehead atoms. The Bertz CT molecular complexity index is 401. The van der Waals surface area contributed by atoms with Gasteiger partial charge in [-0.15, -0.1) is 11.8 Å². The Labute approximate surface area is 118 Å². The summed E-state index contributed by atoms with van der Waals surface area (Å²) in [5, 5.41) is 3.09. The molecular weight excluding hydrogens is 261 g/mol. The highest BCUT2D eigenvalue weighted by molar-refractivity contribution is 7.99. The van der Waals surface area contributed by atoms with Crippen molar-refractivity contribution in [3.8, 4) is 0 Å². The zero-order valence-electron chi connectivity index (χ0n) is 11.0. The first-order valence-electron chi connectivity index (χ1n) is 6.85. The first-order chi connectivity index (χ1) is 9.24. The number of carbonyl (C=O) groups excluding carboxylic acids is 1. The highest BCUT2D eigenvalue weighted by Crippen LogP contribution is 2.18. The van der Waals surface area contributed by atoms with Gasteiger partial charge < -0.3 is 5.32 Å². The fourth-order valence-electron chi connectivity index (χ4n) is 2.36. The van der Waals surface area contributed by atoms with Gasteiger partial charge in [-0.3, -0.25) is 4.79 Å². The number of carbonyl (C=O) groups is 1. The lowest BCUT2D eigenvalue weighted by atomic mass is 9.95. The van der Waals surface area contributed by atoms with Crippen molar-refractivity contribution in [1.29, 1.82) is 0 Å². The molecule has 0 unspecified atom stereocenters. The summed E-state index contributed by atoms with van der Waals surface area (Å²) in [6.45, 7) is 0. The summed E-state index contributed by atoms with van der Waals surface area (Å²) in [5.41, 5.74) is 1.05. The molecule has 0 spiro atoms. The molecule has 104 valence electrons. The molecule has 19 heavy (non-hydrogen) atoms. The number of halogens is 1. The number of rotatable bonds is 5. The number of hydrogen-bond donors (Lipinski definition) is 1. The summed E-state index contributed by atoms with van der Waals surface area (Å²) < 4.78 is 12.7. The topological polar surface area (TPSA) is 29.1 Å². The minimum atomic E-state index is -0.219. The van der Waals surface area contributed by atoms with Crippen LogP contribution < -0.4 is 5.32 Å². The van der Waals surface area contributed by atoms with Crippen molar-refractivity contribution in [3.05, 3.63) is 35.6 Å². The van der Waals surface area contributed by atoms with Gasteiger partial charge in [0.15, 0.2) is 0 Å². The largest absolute Gasteiger partial charge is 0.353 e. The Hall–Kier alpha value is -1.03. The standard InChI is InChI=1S/C15H20FNOS/c16-13-8-6-12(7-9-13)10-19-11-15(18)17-14-4-2-1-3-5-14/h6-9,14H,1-5,10-11H2,(H,17,18). The quantitative estimate of drug-likeness (QED) is 0.895. The maximum absolute atomic E-state index is 12.7. The highest BCUT2D eigenvalue weighted by atomic mass is 32.2. The number of amides is 1. The van der Waals surface area contributed by atoms with Gasteiger partial charge in [-0.2, -0.15) is 0 Å². The molecule has 1 N–H and O–H groups in total. The van der Waals surface area contributed by atoms with E-state index in [1.54, 1.807) is 23.9 Å². The molecule has 0 atom stereocenters. The van der Waals surface area contributed by atoms with Gasteiger partial charge in [0.25, 0.3) is 0 Å². The molecule has 1 fully saturated rings. The average molecular weight is 281 g/mol. The van der Waals surface area contributed by atoms with Crippen molar-refractivity contribution >= 4 is 17.7 Å². The van der Waals surface area contributed by atoms with E-state index >= 15 is 0 Å². The van der Waals surface area contributed by atoms with Crippen LogP contribution in [0.3, 0.4) is 0 Å². The molecule has 1 aliphatic rings. The minimum Gasteiger partial charge on any atom is -0.353 e. The van der Waals surface area contributed by atoms with Gasteiger partial charge in [-0.05, 0) is 30.5 Å². The highest BCUT2D eigenvalue weighted by Gasteiger charge is 2.15. The van der Waals surface area contributed by atoms with Crippen LogP contribution in [0, 0.1) is 5.82 Å². The van der Waals surface area contributed by atoms with Crippen molar-refractivity contribution in [2.45, 2.75) is 43.9 Å². The summed E-state index contributed by atoms with van der Waals surface area (Å²) in [4.78, 5) is 11.8. The normalized spacial score (nSPS) is 16.3. The van der Waals surface area contributed by atoms with E-state index in [1.807, 2.05) is 0 Å². The lowest BCUT2D eigenvalue weighted by Crippen LogP contribution is -2.37. The van der Waals surface area contributed by atoms with Crippen molar-refractivity contribution in [3.63, 3.8) is 0 Å². The minimum absolute atomic E-state index is 0.124. The molecule has 0 heterocycles. The SMILES string of the molecule is O=C(CSCc1ccc(F)cc1)NC1CCCCC1. The summed E-state index contributed by atoms with van der Waals surface area (Å²) in [6, 6.07) is 6.83. The molecule has 0 radical (unpaired) electrons. The van der Waals surface area contributed by atoms with Crippen LogP contribution in [0.25, 0.3) is 0 Å². The third kappa shape index (κ3) is 5.23. The van der Waals surface area contributed by atoms with Crippen molar-refractivity contribution in [1.82, 2.24) is 5.32 Å². The predicted octanol–water partition coefficient (Wildman–Crippen LogP) is 3.51. The van der Waals surface area contributed by atoms with Crippen LogP contribution in [0.4, 0.5) is 4.39 Å². The molecular formula is C15H20FNOS. The second-order valence-corrected chi connectivity index (χ2v) is 6.01. The third-order valence-electron chi connectivity index (χ3n) is 3.39. The fourth-order valence-corrected chi connectivity index (χ4v) is 3.16. The molecule has 1 amide bonds. The second kappa shape index (κ2) is 7.53. The zero-order valence-corrected chi connectivity index (χ0v) is 11.8. The zero-order chi connectivity index (χ0) is 13.5. The van der Waals surface area contributed by atoms with E-state index in [9.17, 15) is 9.18 Å². The summed E-state index contributed by atoms with van der Waals surface area (Å²) in [5.74, 6) is 1.13. The Morgan fingerprint density at radius 2 is 1.89 bits per heavy atom. The van der Waals surface area contributed by atoms with Crippen molar-refractivity contribution in [2.24, 2.45) is 0 Å². The first kappa shape index (κ1) is 14.4. The summed E-state index contributed by atoms with van der Waals surface area (Å²) in [7, 11) is 0. The third-order valence-corrected chi connectivity index (χ3v) is 4.39. The average Bonchev–Trinajstić information content (AvgIpc) is 2.42. The molecule has 0 saturated heterocycles. The monoisotopic (exact) mass is 281 g/mol. The van der Waals surface area contributed by atoms with Crippen LogP contribution in [-0.2, 0) is 10.5 Å². The van der Waals surface area contributed by atoms with Gasteiger partial charge in [0.05, 0.1) is 5.75 Å². The van der Waals surface area contributed by atoms with Crippen molar-refractivity contribution in [2.75, 3.05) is 5.75 Å². The number of nitrogens with one attached hydrogen (secondary N) is 1. The van der Waals surface area contributed by atoms with Crippen LogP contribution in [0.15, 0.2) is 24.3 Å². The maximum atomic E-state index is 12.7.